The van der Waals surface area contributed by atoms with Gasteiger partial charge in [0.1, 0.15) is 6.61 Å². The maximum absolute atomic E-state index is 12.2. The van der Waals surface area contributed by atoms with Gasteiger partial charge in [0.15, 0.2) is 0 Å². The molecule has 1 saturated heterocycles. The topological polar surface area (TPSA) is 66.8 Å². The van der Waals surface area contributed by atoms with E-state index in [0.717, 1.165) is 24.0 Å². The molecule has 1 heterocycles. The summed E-state index contributed by atoms with van der Waals surface area (Å²) in [7, 11) is 0. The third kappa shape index (κ3) is 4.38. The highest BCUT2D eigenvalue weighted by Gasteiger charge is 2.24. The second-order valence-corrected chi connectivity index (χ2v) is 6.23. The predicted molar refractivity (Wildman–Crippen MR) is 93.6 cm³/mol. The number of carboxylic acid groups (broad SMARTS) is 1. The summed E-state index contributed by atoms with van der Waals surface area (Å²) in [6.07, 6.45) is 1.43. The van der Waals surface area contributed by atoms with Crippen LogP contribution in [0.25, 0.3) is 0 Å². The quantitative estimate of drug-likeness (QED) is 0.917. The van der Waals surface area contributed by atoms with Gasteiger partial charge in [-0.1, -0.05) is 42.5 Å². The van der Waals surface area contributed by atoms with Crippen LogP contribution in [0.3, 0.4) is 0 Å². The van der Waals surface area contributed by atoms with E-state index < -0.39 is 5.97 Å². The van der Waals surface area contributed by atoms with Crippen molar-refractivity contribution < 1.29 is 19.4 Å². The molecule has 0 saturated carbocycles. The molecule has 0 radical (unpaired) electrons. The lowest BCUT2D eigenvalue weighted by Gasteiger charge is -2.31. The van der Waals surface area contributed by atoms with Gasteiger partial charge in [-0.25, -0.2) is 9.59 Å². The zero-order chi connectivity index (χ0) is 17.6. The van der Waals surface area contributed by atoms with Crippen LogP contribution in [0, 0.1) is 0 Å². The van der Waals surface area contributed by atoms with Gasteiger partial charge in [0.05, 0.1) is 5.56 Å². The number of carbonyl (C=O) groups is 2. The largest absolute Gasteiger partial charge is 0.478 e. The van der Waals surface area contributed by atoms with E-state index in [1.807, 2.05) is 42.5 Å². The monoisotopic (exact) mass is 339 g/mol. The van der Waals surface area contributed by atoms with E-state index in [4.69, 9.17) is 9.84 Å². The first-order valence-electron chi connectivity index (χ1n) is 8.42. The minimum absolute atomic E-state index is 0.275. The van der Waals surface area contributed by atoms with Gasteiger partial charge in [0.25, 0.3) is 0 Å². The number of hydrogen-bond acceptors (Lipinski definition) is 3. The first-order valence-corrected chi connectivity index (χ1v) is 8.42. The summed E-state index contributed by atoms with van der Waals surface area (Å²) in [5.74, 6) is -0.566. The Labute approximate surface area is 146 Å². The number of hydrogen-bond donors (Lipinski definition) is 1. The number of amides is 1. The molecule has 2 aromatic carbocycles. The molecule has 0 aromatic heterocycles. The highest BCUT2D eigenvalue weighted by molar-refractivity contribution is 5.87. The molecule has 0 aliphatic carbocycles. The number of ether oxygens (including phenoxy) is 1. The Bertz CT molecular complexity index is 719. The fourth-order valence-electron chi connectivity index (χ4n) is 3.10. The van der Waals surface area contributed by atoms with Gasteiger partial charge in [-0.05, 0) is 42.0 Å². The third-order valence-electron chi connectivity index (χ3n) is 4.59. The van der Waals surface area contributed by atoms with Crippen LogP contribution >= 0.6 is 0 Å². The summed E-state index contributed by atoms with van der Waals surface area (Å²) < 4.78 is 5.37. The van der Waals surface area contributed by atoms with E-state index >= 15 is 0 Å². The highest BCUT2D eigenvalue weighted by atomic mass is 16.6. The molecule has 25 heavy (non-hydrogen) atoms. The van der Waals surface area contributed by atoms with Crippen molar-refractivity contribution in [3.63, 3.8) is 0 Å². The molecular formula is C20H21NO4. The van der Waals surface area contributed by atoms with Crippen LogP contribution in [0.1, 0.15) is 40.2 Å². The summed E-state index contributed by atoms with van der Waals surface area (Å²) in [5.41, 5.74) is 2.40. The molecule has 0 atom stereocenters. The average Bonchev–Trinajstić information content (AvgIpc) is 2.67. The zero-order valence-electron chi connectivity index (χ0n) is 13.9. The van der Waals surface area contributed by atoms with Crippen LogP contribution in [-0.4, -0.2) is 35.2 Å². The Hall–Kier alpha value is -2.82. The summed E-state index contributed by atoms with van der Waals surface area (Å²) in [5, 5.41) is 8.96. The van der Waals surface area contributed by atoms with Crippen molar-refractivity contribution >= 4 is 12.1 Å². The smallest absolute Gasteiger partial charge is 0.410 e. The standard InChI is InChI=1S/C20H21NO4/c22-19(23)18-8-6-16(7-9-18)17-10-12-21(13-11-17)20(24)25-14-15-4-2-1-3-5-15/h1-9,17H,10-14H2,(H,22,23). The van der Waals surface area contributed by atoms with Crippen LogP contribution in [0.4, 0.5) is 4.79 Å². The molecule has 1 fully saturated rings. The summed E-state index contributed by atoms with van der Waals surface area (Å²) in [6, 6.07) is 16.7. The molecule has 5 heteroatoms. The van der Waals surface area contributed by atoms with Crippen LogP contribution in [0.15, 0.2) is 54.6 Å². The van der Waals surface area contributed by atoms with Crippen molar-refractivity contribution in [1.29, 1.82) is 0 Å². The minimum atomic E-state index is -0.914. The SMILES string of the molecule is O=C(O)c1ccc(C2CCN(C(=O)OCc3ccccc3)CC2)cc1. The van der Waals surface area contributed by atoms with E-state index in [1.165, 1.54) is 0 Å². The van der Waals surface area contributed by atoms with Crippen molar-refractivity contribution in [2.75, 3.05) is 13.1 Å². The Balaban J connectivity index is 1.49. The predicted octanol–water partition coefficient (Wildman–Crippen LogP) is 3.90. The van der Waals surface area contributed by atoms with Gasteiger partial charge >= 0.3 is 12.1 Å². The molecule has 0 unspecified atom stereocenters. The number of carbonyl (C=O) groups excluding carboxylic acids is 1. The Morgan fingerprint density at radius 2 is 1.64 bits per heavy atom. The number of likely N-dealkylation sites (tertiary alicyclic amines) is 1. The molecular weight excluding hydrogens is 318 g/mol. The normalized spacial score (nSPS) is 15.0. The number of benzene rings is 2. The van der Waals surface area contributed by atoms with E-state index in [1.54, 1.807) is 17.0 Å². The number of nitrogens with zero attached hydrogens (tertiary/aromatic N) is 1. The molecule has 3 rings (SSSR count). The van der Waals surface area contributed by atoms with E-state index in [2.05, 4.69) is 0 Å². The first kappa shape index (κ1) is 17.0. The van der Waals surface area contributed by atoms with E-state index in [0.29, 0.717) is 24.6 Å². The maximum atomic E-state index is 12.2. The molecule has 1 N–H and O–H groups in total. The molecule has 2 aromatic rings. The molecule has 1 aliphatic heterocycles. The minimum Gasteiger partial charge on any atom is -0.478 e. The van der Waals surface area contributed by atoms with Gasteiger partial charge in [-0.3, -0.25) is 0 Å². The van der Waals surface area contributed by atoms with Crippen LogP contribution in [0.5, 0.6) is 0 Å². The van der Waals surface area contributed by atoms with E-state index in [-0.39, 0.29) is 12.7 Å². The van der Waals surface area contributed by atoms with Gasteiger partial charge in [-0.15, -0.1) is 0 Å². The summed E-state index contributed by atoms with van der Waals surface area (Å²) in [4.78, 5) is 24.8. The molecule has 1 amide bonds. The number of aromatic carboxylic acids is 1. The van der Waals surface area contributed by atoms with Crippen molar-refractivity contribution in [1.82, 2.24) is 4.90 Å². The first-order chi connectivity index (χ1) is 12.1. The molecule has 5 nitrogen and oxygen atoms in total. The third-order valence-corrected chi connectivity index (χ3v) is 4.59. The molecule has 0 bridgehead atoms. The van der Waals surface area contributed by atoms with Gasteiger partial charge in [-0.2, -0.15) is 0 Å². The van der Waals surface area contributed by atoms with Gasteiger partial charge in [0, 0.05) is 13.1 Å². The summed E-state index contributed by atoms with van der Waals surface area (Å²) in [6.45, 7) is 1.59. The number of rotatable bonds is 4. The van der Waals surface area contributed by atoms with Gasteiger partial charge < -0.3 is 14.7 Å². The fraction of sp³-hybridized carbons (Fsp3) is 0.300. The fourth-order valence-corrected chi connectivity index (χ4v) is 3.10. The molecule has 1 aliphatic rings. The second kappa shape index (κ2) is 7.83. The van der Waals surface area contributed by atoms with Crippen molar-refractivity contribution in [3.8, 4) is 0 Å². The van der Waals surface area contributed by atoms with Crippen LogP contribution < -0.4 is 0 Å². The Kier molecular flexibility index (Phi) is 5.33. The number of piperidine rings is 1. The maximum Gasteiger partial charge on any atom is 0.410 e. The van der Waals surface area contributed by atoms with Crippen molar-refractivity contribution in [2.45, 2.75) is 25.4 Å². The lowest BCUT2D eigenvalue weighted by molar-refractivity contribution is 0.0696. The second-order valence-electron chi connectivity index (χ2n) is 6.23. The van der Waals surface area contributed by atoms with Gasteiger partial charge in [0.2, 0.25) is 0 Å². The lowest BCUT2D eigenvalue weighted by Crippen LogP contribution is -2.38. The van der Waals surface area contributed by atoms with E-state index in [9.17, 15) is 9.59 Å². The summed E-state index contributed by atoms with van der Waals surface area (Å²) >= 11 is 0. The lowest BCUT2D eigenvalue weighted by atomic mass is 9.89. The highest BCUT2D eigenvalue weighted by Crippen LogP contribution is 2.28. The molecule has 0 spiro atoms. The number of carboxylic acids is 1. The molecule has 130 valence electrons. The van der Waals surface area contributed by atoms with Crippen LogP contribution in [0.2, 0.25) is 0 Å². The van der Waals surface area contributed by atoms with Crippen molar-refractivity contribution in [2.24, 2.45) is 0 Å². The Morgan fingerprint density at radius 3 is 2.24 bits per heavy atom. The average molecular weight is 339 g/mol. The Morgan fingerprint density at radius 1 is 1.00 bits per heavy atom. The zero-order valence-corrected chi connectivity index (χ0v) is 13.9. The van der Waals surface area contributed by atoms with Crippen molar-refractivity contribution in [3.05, 3.63) is 71.3 Å². The van der Waals surface area contributed by atoms with Crippen LogP contribution in [-0.2, 0) is 11.3 Å².